The molecule has 1 atom stereocenters. The number of aliphatic hydroxyl groups is 1. The first-order chi connectivity index (χ1) is 8.72. The molecule has 0 aliphatic carbocycles. The van der Waals surface area contributed by atoms with Gasteiger partial charge in [-0.05, 0) is 23.4 Å². The average Bonchev–Trinajstić information content (AvgIpc) is 2.89. The standard InChI is InChI=1S/C15H19NOS/c1-11(2)15(14-8-5-9-18-14)16-13-7-4-3-6-12(13)10-17/h3-9,11,15-17H,10H2,1-2H3. The Morgan fingerprint density at radius 3 is 2.56 bits per heavy atom. The van der Waals surface area contributed by atoms with Gasteiger partial charge in [-0.3, -0.25) is 0 Å². The molecule has 0 amide bonds. The van der Waals surface area contributed by atoms with Gasteiger partial charge in [-0.25, -0.2) is 0 Å². The van der Waals surface area contributed by atoms with Gasteiger partial charge in [0.2, 0.25) is 0 Å². The van der Waals surface area contributed by atoms with Gasteiger partial charge in [-0.2, -0.15) is 0 Å². The molecule has 2 rings (SSSR count). The zero-order valence-electron chi connectivity index (χ0n) is 10.8. The van der Waals surface area contributed by atoms with Crippen LogP contribution < -0.4 is 5.32 Å². The van der Waals surface area contributed by atoms with Crippen molar-refractivity contribution in [2.24, 2.45) is 5.92 Å². The third-order valence-electron chi connectivity index (χ3n) is 3.02. The predicted molar refractivity (Wildman–Crippen MR) is 77.9 cm³/mol. The highest BCUT2D eigenvalue weighted by molar-refractivity contribution is 7.10. The van der Waals surface area contributed by atoms with Gasteiger partial charge in [-0.15, -0.1) is 11.3 Å². The molecule has 0 aliphatic heterocycles. The minimum absolute atomic E-state index is 0.0679. The fourth-order valence-electron chi connectivity index (χ4n) is 2.00. The Morgan fingerprint density at radius 1 is 1.17 bits per heavy atom. The molecule has 0 saturated heterocycles. The lowest BCUT2D eigenvalue weighted by Crippen LogP contribution is -2.16. The minimum atomic E-state index is 0.0679. The highest BCUT2D eigenvalue weighted by atomic mass is 32.1. The van der Waals surface area contributed by atoms with Crippen molar-refractivity contribution >= 4 is 17.0 Å². The van der Waals surface area contributed by atoms with Crippen LogP contribution in [0.15, 0.2) is 41.8 Å². The van der Waals surface area contributed by atoms with Crippen LogP contribution >= 0.6 is 11.3 Å². The monoisotopic (exact) mass is 261 g/mol. The van der Waals surface area contributed by atoms with E-state index in [9.17, 15) is 5.11 Å². The number of aliphatic hydroxyl groups excluding tert-OH is 1. The lowest BCUT2D eigenvalue weighted by atomic mass is 10.0. The molecule has 3 heteroatoms. The van der Waals surface area contributed by atoms with E-state index in [1.54, 1.807) is 11.3 Å². The molecule has 2 aromatic rings. The zero-order valence-corrected chi connectivity index (χ0v) is 11.6. The average molecular weight is 261 g/mol. The fourth-order valence-corrected chi connectivity index (χ4v) is 2.95. The highest BCUT2D eigenvalue weighted by Crippen LogP contribution is 2.30. The van der Waals surface area contributed by atoms with Crippen molar-refractivity contribution < 1.29 is 5.11 Å². The largest absolute Gasteiger partial charge is 0.392 e. The predicted octanol–water partition coefficient (Wildman–Crippen LogP) is 4.05. The number of hydrogen-bond donors (Lipinski definition) is 2. The SMILES string of the molecule is CC(C)C(Nc1ccccc1CO)c1cccs1. The maximum absolute atomic E-state index is 9.36. The maximum Gasteiger partial charge on any atom is 0.0701 e. The van der Waals surface area contributed by atoms with Crippen LogP contribution in [0, 0.1) is 5.92 Å². The molecule has 0 aliphatic rings. The van der Waals surface area contributed by atoms with Crippen LogP contribution in [0.5, 0.6) is 0 Å². The highest BCUT2D eigenvalue weighted by Gasteiger charge is 2.17. The molecule has 1 aromatic heterocycles. The Labute approximate surface area is 112 Å². The third-order valence-corrected chi connectivity index (χ3v) is 3.97. The lowest BCUT2D eigenvalue weighted by Gasteiger charge is -2.23. The smallest absolute Gasteiger partial charge is 0.0701 e. The summed E-state index contributed by atoms with van der Waals surface area (Å²) in [5.74, 6) is 0.496. The van der Waals surface area contributed by atoms with Gasteiger partial charge in [0.05, 0.1) is 12.6 Å². The summed E-state index contributed by atoms with van der Waals surface area (Å²) < 4.78 is 0. The fraction of sp³-hybridized carbons (Fsp3) is 0.333. The molecule has 0 spiro atoms. The molecule has 1 unspecified atom stereocenters. The molecule has 0 bridgehead atoms. The van der Waals surface area contributed by atoms with Crippen LogP contribution in [-0.2, 0) is 6.61 Å². The van der Waals surface area contributed by atoms with Crippen molar-refractivity contribution in [2.75, 3.05) is 5.32 Å². The van der Waals surface area contributed by atoms with Crippen LogP contribution in [0.2, 0.25) is 0 Å². The van der Waals surface area contributed by atoms with Gasteiger partial charge in [0, 0.05) is 16.1 Å². The summed E-state index contributed by atoms with van der Waals surface area (Å²) in [6.07, 6.45) is 0. The van der Waals surface area contributed by atoms with Crippen molar-refractivity contribution in [3.8, 4) is 0 Å². The van der Waals surface area contributed by atoms with E-state index in [0.29, 0.717) is 5.92 Å². The Kier molecular flexibility index (Phi) is 4.39. The van der Waals surface area contributed by atoms with E-state index >= 15 is 0 Å². The zero-order chi connectivity index (χ0) is 13.0. The van der Waals surface area contributed by atoms with Crippen molar-refractivity contribution in [3.63, 3.8) is 0 Å². The quantitative estimate of drug-likeness (QED) is 0.851. The van der Waals surface area contributed by atoms with E-state index in [4.69, 9.17) is 0 Å². The second-order valence-electron chi connectivity index (χ2n) is 4.70. The molecule has 0 radical (unpaired) electrons. The molecule has 96 valence electrons. The van der Waals surface area contributed by atoms with Gasteiger partial charge in [0.25, 0.3) is 0 Å². The van der Waals surface area contributed by atoms with Gasteiger partial charge < -0.3 is 10.4 Å². The number of hydrogen-bond acceptors (Lipinski definition) is 3. The van der Waals surface area contributed by atoms with Gasteiger partial charge >= 0.3 is 0 Å². The Hall–Kier alpha value is -1.32. The summed E-state index contributed by atoms with van der Waals surface area (Å²) in [6, 6.07) is 12.4. The van der Waals surface area contributed by atoms with E-state index in [-0.39, 0.29) is 12.6 Å². The maximum atomic E-state index is 9.36. The molecule has 0 fully saturated rings. The first-order valence-corrected chi connectivity index (χ1v) is 7.09. The molecule has 1 heterocycles. The summed E-state index contributed by atoms with van der Waals surface area (Å²) in [6.45, 7) is 4.48. The number of thiophene rings is 1. The van der Waals surface area contributed by atoms with Crippen molar-refractivity contribution in [3.05, 3.63) is 52.2 Å². The molecule has 2 nitrogen and oxygen atoms in total. The number of benzene rings is 1. The Bertz CT molecular complexity index is 479. The topological polar surface area (TPSA) is 32.3 Å². The van der Waals surface area contributed by atoms with Crippen molar-refractivity contribution in [1.82, 2.24) is 0 Å². The molecule has 18 heavy (non-hydrogen) atoms. The van der Waals surface area contributed by atoms with E-state index in [2.05, 4.69) is 36.7 Å². The van der Waals surface area contributed by atoms with Gasteiger partial charge in [-0.1, -0.05) is 38.1 Å². The van der Waals surface area contributed by atoms with Crippen molar-refractivity contribution in [1.29, 1.82) is 0 Å². The molecular weight excluding hydrogens is 242 g/mol. The molecular formula is C15H19NOS. The lowest BCUT2D eigenvalue weighted by molar-refractivity contribution is 0.282. The molecule has 2 N–H and O–H groups in total. The number of rotatable bonds is 5. The van der Waals surface area contributed by atoms with Crippen LogP contribution in [0.25, 0.3) is 0 Å². The van der Waals surface area contributed by atoms with Crippen LogP contribution in [0.3, 0.4) is 0 Å². The summed E-state index contributed by atoms with van der Waals surface area (Å²) >= 11 is 1.77. The summed E-state index contributed by atoms with van der Waals surface area (Å²) in [5, 5.41) is 15.0. The second-order valence-corrected chi connectivity index (χ2v) is 5.68. The number of nitrogens with one attached hydrogen (secondary N) is 1. The Balaban J connectivity index is 2.24. The molecule has 0 saturated carbocycles. The normalized spacial score (nSPS) is 12.7. The summed E-state index contributed by atoms with van der Waals surface area (Å²) in [7, 11) is 0. The van der Waals surface area contributed by atoms with E-state index in [1.807, 2.05) is 24.3 Å². The van der Waals surface area contributed by atoms with E-state index in [1.165, 1.54) is 4.88 Å². The molecule has 1 aromatic carbocycles. The van der Waals surface area contributed by atoms with Crippen LogP contribution in [0.1, 0.15) is 30.3 Å². The van der Waals surface area contributed by atoms with Gasteiger partial charge in [0.1, 0.15) is 0 Å². The Morgan fingerprint density at radius 2 is 1.94 bits per heavy atom. The first kappa shape index (κ1) is 13.1. The minimum Gasteiger partial charge on any atom is -0.392 e. The van der Waals surface area contributed by atoms with Crippen LogP contribution in [-0.4, -0.2) is 5.11 Å². The number of para-hydroxylation sites is 1. The van der Waals surface area contributed by atoms with E-state index < -0.39 is 0 Å². The van der Waals surface area contributed by atoms with Gasteiger partial charge in [0.15, 0.2) is 0 Å². The van der Waals surface area contributed by atoms with Crippen LogP contribution in [0.4, 0.5) is 5.69 Å². The third kappa shape index (κ3) is 2.92. The first-order valence-electron chi connectivity index (χ1n) is 6.21. The summed E-state index contributed by atoms with van der Waals surface area (Å²) in [4.78, 5) is 1.33. The second kappa shape index (κ2) is 6.03. The summed E-state index contributed by atoms with van der Waals surface area (Å²) in [5.41, 5.74) is 1.96. The van der Waals surface area contributed by atoms with Crippen molar-refractivity contribution in [2.45, 2.75) is 26.5 Å². The number of anilines is 1. The van der Waals surface area contributed by atoms with E-state index in [0.717, 1.165) is 11.3 Å².